The Kier molecular flexibility index (Phi) is 5.87. The molecule has 2 aliphatic rings. The van der Waals surface area contributed by atoms with E-state index < -0.39 is 5.41 Å². The molecule has 1 aromatic rings. The number of piperidine rings is 1. The molecule has 2 aliphatic heterocycles. The minimum atomic E-state index is -0.418. The van der Waals surface area contributed by atoms with E-state index in [1.165, 1.54) is 6.07 Å². The normalized spacial score (nSPS) is 23.6. The summed E-state index contributed by atoms with van der Waals surface area (Å²) in [5.74, 6) is -0.0526. The first-order valence-electron chi connectivity index (χ1n) is 10.1. The zero-order valence-corrected chi connectivity index (χ0v) is 16.7. The van der Waals surface area contributed by atoms with Gasteiger partial charge in [0.05, 0.1) is 5.92 Å². The molecular weight excluding hydrogens is 343 g/mol. The van der Waals surface area contributed by atoms with E-state index in [1.54, 1.807) is 12.1 Å². The molecule has 0 aliphatic carbocycles. The zero-order valence-electron chi connectivity index (χ0n) is 16.7. The van der Waals surface area contributed by atoms with E-state index in [0.29, 0.717) is 13.0 Å². The van der Waals surface area contributed by atoms with Gasteiger partial charge in [-0.05, 0) is 49.8 Å². The van der Waals surface area contributed by atoms with Gasteiger partial charge < -0.3 is 9.80 Å². The molecular formula is C22H31FN2O2. The molecule has 0 aromatic heterocycles. The average molecular weight is 375 g/mol. The van der Waals surface area contributed by atoms with Crippen LogP contribution >= 0.6 is 0 Å². The Bertz CT molecular complexity index is 698. The van der Waals surface area contributed by atoms with Crippen molar-refractivity contribution >= 4 is 11.8 Å². The minimum Gasteiger partial charge on any atom is -0.341 e. The third-order valence-corrected chi connectivity index (χ3v) is 5.72. The summed E-state index contributed by atoms with van der Waals surface area (Å²) in [6, 6.07) is 6.79. The largest absolute Gasteiger partial charge is 0.341 e. The van der Waals surface area contributed by atoms with Crippen molar-refractivity contribution in [2.24, 2.45) is 11.3 Å². The molecule has 2 heterocycles. The van der Waals surface area contributed by atoms with E-state index in [4.69, 9.17) is 0 Å². The highest BCUT2D eigenvalue weighted by Crippen LogP contribution is 2.28. The van der Waals surface area contributed by atoms with Gasteiger partial charge in [-0.2, -0.15) is 0 Å². The van der Waals surface area contributed by atoms with Crippen LogP contribution in [-0.2, 0) is 16.0 Å². The maximum absolute atomic E-state index is 13.5. The highest BCUT2D eigenvalue weighted by Gasteiger charge is 2.37. The lowest BCUT2D eigenvalue weighted by Gasteiger charge is -2.38. The number of hydrogen-bond donors (Lipinski definition) is 0. The fraction of sp³-hybridized carbons (Fsp3) is 0.636. The first-order valence-corrected chi connectivity index (χ1v) is 10.1. The predicted molar refractivity (Wildman–Crippen MR) is 104 cm³/mol. The lowest BCUT2D eigenvalue weighted by Crippen LogP contribution is -2.50. The lowest BCUT2D eigenvalue weighted by atomic mass is 9.90. The first kappa shape index (κ1) is 19.8. The number of nitrogens with zero attached hydrogens (tertiary/aromatic N) is 2. The molecule has 2 amide bonds. The minimum absolute atomic E-state index is 0.113. The van der Waals surface area contributed by atoms with Gasteiger partial charge in [0.2, 0.25) is 11.8 Å². The van der Waals surface area contributed by atoms with E-state index in [2.05, 4.69) is 0 Å². The van der Waals surface area contributed by atoms with Crippen LogP contribution in [0.1, 0.15) is 52.0 Å². The van der Waals surface area contributed by atoms with Crippen LogP contribution in [0, 0.1) is 17.2 Å². The summed E-state index contributed by atoms with van der Waals surface area (Å²) in [7, 11) is 0. The van der Waals surface area contributed by atoms with Gasteiger partial charge in [-0.1, -0.05) is 32.9 Å². The van der Waals surface area contributed by atoms with Gasteiger partial charge >= 0.3 is 0 Å². The number of hydrogen-bond acceptors (Lipinski definition) is 2. The van der Waals surface area contributed by atoms with Crippen LogP contribution in [0.25, 0.3) is 0 Å². The van der Waals surface area contributed by atoms with E-state index in [9.17, 15) is 14.0 Å². The zero-order chi connectivity index (χ0) is 19.6. The number of likely N-dealkylation sites (tertiary alicyclic amines) is 2. The van der Waals surface area contributed by atoms with Gasteiger partial charge in [-0.3, -0.25) is 9.59 Å². The summed E-state index contributed by atoms with van der Waals surface area (Å²) < 4.78 is 13.5. The van der Waals surface area contributed by atoms with E-state index in [0.717, 1.165) is 44.3 Å². The van der Waals surface area contributed by atoms with Crippen LogP contribution in [0.15, 0.2) is 24.3 Å². The maximum atomic E-state index is 13.5. The molecule has 2 unspecified atom stereocenters. The summed E-state index contributed by atoms with van der Waals surface area (Å²) in [5.41, 5.74) is 0.520. The number of carbonyl (C=O) groups excluding carboxylic acids is 2. The number of benzene rings is 1. The number of rotatable bonds is 3. The quantitative estimate of drug-likeness (QED) is 0.810. The van der Waals surface area contributed by atoms with Gasteiger partial charge in [0, 0.05) is 31.1 Å². The molecule has 148 valence electrons. The molecule has 27 heavy (non-hydrogen) atoms. The lowest BCUT2D eigenvalue weighted by molar-refractivity contribution is -0.145. The fourth-order valence-electron chi connectivity index (χ4n) is 4.35. The summed E-state index contributed by atoms with van der Waals surface area (Å²) in [6.45, 7) is 7.82. The number of halogens is 1. The Morgan fingerprint density at radius 1 is 1.15 bits per heavy atom. The standard InChI is InChI=1S/C22H31FN2O2/c1-22(2,3)21(27)24-11-5-8-17(15-24)20(26)25-12-6-10-19(25)14-16-7-4-9-18(23)13-16/h4,7,9,13,17,19H,5-6,8,10-12,14-15H2,1-3H3. The molecule has 0 N–H and O–H groups in total. The van der Waals surface area contributed by atoms with Gasteiger partial charge in [-0.15, -0.1) is 0 Å². The topological polar surface area (TPSA) is 40.6 Å². The van der Waals surface area contributed by atoms with Crippen molar-refractivity contribution in [1.29, 1.82) is 0 Å². The second-order valence-electron chi connectivity index (χ2n) is 9.00. The number of amides is 2. The molecule has 2 atom stereocenters. The Hall–Kier alpha value is -1.91. The molecule has 3 rings (SSSR count). The second kappa shape index (κ2) is 7.99. The Morgan fingerprint density at radius 2 is 1.89 bits per heavy atom. The van der Waals surface area contributed by atoms with Gasteiger partial charge in [-0.25, -0.2) is 4.39 Å². The molecule has 1 aromatic carbocycles. The molecule has 0 bridgehead atoms. The van der Waals surface area contributed by atoms with Crippen molar-refractivity contribution in [2.75, 3.05) is 19.6 Å². The van der Waals surface area contributed by atoms with Crippen LogP contribution in [0.3, 0.4) is 0 Å². The van der Waals surface area contributed by atoms with Crippen LogP contribution in [0.5, 0.6) is 0 Å². The molecule has 2 fully saturated rings. The molecule has 0 radical (unpaired) electrons. The Labute approximate surface area is 161 Å². The Balaban J connectivity index is 1.66. The van der Waals surface area contributed by atoms with Crippen molar-refractivity contribution in [3.63, 3.8) is 0 Å². The van der Waals surface area contributed by atoms with Crippen LogP contribution in [-0.4, -0.2) is 47.3 Å². The summed E-state index contributed by atoms with van der Waals surface area (Å²) in [5, 5.41) is 0. The van der Waals surface area contributed by atoms with E-state index in [-0.39, 0.29) is 29.6 Å². The Morgan fingerprint density at radius 3 is 2.59 bits per heavy atom. The molecule has 5 heteroatoms. The fourth-order valence-corrected chi connectivity index (χ4v) is 4.35. The predicted octanol–water partition coefficient (Wildman–Crippen LogP) is 3.64. The first-order chi connectivity index (χ1) is 12.8. The maximum Gasteiger partial charge on any atom is 0.227 e. The smallest absolute Gasteiger partial charge is 0.227 e. The highest BCUT2D eigenvalue weighted by molar-refractivity contribution is 5.84. The molecule has 0 saturated carbocycles. The van der Waals surface area contributed by atoms with Crippen LogP contribution in [0.2, 0.25) is 0 Å². The van der Waals surface area contributed by atoms with E-state index >= 15 is 0 Å². The molecule has 2 saturated heterocycles. The summed E-state index contributed by atoms with van der Waals surface area (Å²) in [6.07, 6.45) is 4.36. The van der Waals surface area contributed by atoms with Crippen molar-refractivity contribution < 1.29 is 14.0 Å². The van der Waals surface area contributed by atoms with Crippen molar-refractivity contribution in [3.8, 4) is 0 Å². The van der Waals surface area contributed by atoms with E-state index in [1.807, 2.05) is 36.6 Å². The SMILES string of the molecule is CC(C)(C)C(=O)N1CCCC(C(=O)N2CCCC2Cc2cccc(F)c2)C1. The van der Waals surface area contributed by atoms with Crippen molar-refractivity contribution in [2.45, 2.75) is 58.9 Å². The monoisotopic (exact) mass is 374 g/mol. The summed E-state index contributed by atoms with van der Waals surface area (Å²) in [4.78, 5) is 29.7. The summed E-state index contributed by atoms with van der Waals surface area (Å²) >= 11 is 0. The van der Waals surface area contributed by atoms with Crippen molar-refractivity contribution in [1.82, 2.24) is 9.80 Å². The third kappa shape index (κ3) is 4.69. The van der Waals surface area contributed by atoms with Crippen LogP contribution in [0.4, 0.5) is 4.39 Å². The highest BCUT2D eigenvalue weighted by atomic mass is 19.1. The van der Waals surface area contributed by atoms with Gasteiger partial charge in [0.15, 0.2) is 0 Å². The van der Waals surface area contributed by atoms with Crippen molar-refractivity contribution in [3.05, 3.63) is 35.6 Å². The number of carbonyl (C=O) groups is 2. The molecule has 4 nitrogen and oxygen atoms in total. The third-order valence-electron chi connectivity index (χ3n) is 5.72. The van der Waals surface area contributed by atoms with Crippen LogP contribution < -0.4 is 0 Å². The van der Waals surface area contributed by atoms with Gasteiger partial charge in [0.1, 0.15) is 5.82 Å². The average Bonchev–Trinajstić information content (AvgIpc) is 3.08. The molecule has 0 spiro atoms. The van der Waals surface area contributed by atoms with Gasteiger partial charge in [0.25, 0.3) is 0 Å². The second-order valence-corrected chi connectivity index (χ2v) is 9.00.